The molecule has 0 saturated carbocycles. The molecule has 166 valence electrons. The lowest BCUT2D eigenvalue weighted by atomic mass is 10.1. The number of benzene rings is 2. The predicted molar refractivity (Wildman–Crippen MR) is 121 cm³/mol. The lowest BCUT2D eigenvalue weighted by Gasteiger charge is -2.35. The van der Waals surface area contributed by atoms with Crippen molar-refractivity contribution < 1.29 is 19.2 Å². The van der Waals surface area contributed by atoms with Crippen LogP contribution in [-0.4, -0.2) is 34.4 Å². The van der Waals surface area contributed by atoms with Crippen molar-refractivity contribution in [2.24, 2.45) is 0 Å². The van der Waals surface area contributed by atoms with Gasteiger partial charge in [0.25, 0.3) is 17.5 Å². The van der Waals surface area contributed by atoms with E-state index in [4.69, 9.17) is 4.74 Å². The zero-order chi connectivity index (χ0) is 20.2. The van der Waals surface area contributed by atoms with E-state index in [0.29, 0.717) is 11.3 Å². The Kier molecular flexibility index (Phi) is 12.1. The van der Waals surface area contributed by atoms with Gasteiger partial charge in [-0.3, -0.25) is 25.1 Å². The van der Waals surface area contributed by atoms with Crippen LogP contribution in [-0.2, 0) is 0 Å². The minimum atomic E-state index is -0.824. The Balaban J connectivity index is 0. The Morgan fingerprint density at radius 3 is 2.17 bits per heavy atom. The SMILES string of the molecule is COc1cccc(C(=O)NN(C(=O)c2ccccc2[N+](=O)[O-])C(C)(C)C)c1.Cl.Cl.Cl. The maximum Gasteiger partial charge on any atom is 0.282 e. The first-order valence-electron chi connectivity index (χ1n) is 8.18. The molecule has 8 nitrogen and oxygen atoms in total. The summed E-state index contributed by atoms with van der Waals surface area (Å²) < 4.78 is 5.10. The number of carbonyl (C=O) groups is 2. The smallest absolute Gasteiger partial charge is 0.282 e. The molecule has 1 N–H and O–H groups in total. The number of hydrazine groups is 1. The Morgan fingerprint density at radius 2 is 1.63 bits per heavy atom. The van der Waals surface area contributed by atoms with Crippen molar-refractivity contribution in [2.45, 2.75) is 26.3 Å². The van der Waals surface area contributed by atoms with E-state index in [-0.39, 0.29) is 48.5 Å². The highest BCUT2D eigenvalue weighted by Crippen LogP contribution is 2.23. The first kappa shape index (κ1) is 29.6. The average Bonchev–Trinajstić information content (AvgIpc) is 2.64. The molecule has 2 rings (SSSR count). The number of halogens is 3. The van der Waals surface area contributed by atoms with E-state index in [0.717, 1.165) is 5.01 Å². The lowest BCUT2D eigenvalue weighted by Crippen LogP contribution is -2.56. The van der Waals surface area contributed by atoms with Gasteiger partial charge in [-0.05, 0) is 45.0 Å². The van der Waals surface area contributed by atoms with Crippen molar-refractivity contribution in [3.05, 3.63) is 69.8 Å². The number of methoxy groups -OCH3 is 1. The summed E-state index contributed by atoms with van der Waals surface area (Å²) in [6.07, 6.45) is 0. The zero-order valence-electron chi connectivity index (χ0n) is 16.8. The van der Waals surface area contributed by atoms with E-state index >= 15 is 0 Å². The number of amides is 2. The highest BCUT2D eigenvalue weighted by molar-refractivity contribution is 6.01. The van der Waals surface area contributed by atoms with Gasteiger partial charge in [-0.2, -0.15) is 0 Å². The van der Waals surface area contributed by atoms with Crippen LogP contribution < -0.4 is 10.2 Å². The number of rotatable bonds is 4. The van der Waals surface area contributed by atoms with Gasteiger partial charge in [-0.15, -0.1) is 37.2 Å². The number of nitro benzene ring substituents is 1. The summed E-state index contributed by atoms with van der Waals surface area (Å²) in [6.45, 7) is 5.14. The molecule has 0 aromatic heterocycles. The third kappa shape index (κ3) is 7.05. The molecule has 0 saturated heterocycles. The van der Waals surface area contributed by atoms with E-state index in [1.165, 1.54) is 37.4 Å². The van der Waals surface area contributed by atoms with Gasteiger partial charge in [0, 0.05) is 11.6 Å². The fourth-order valence-electron chi connectivity index (χ4n) is 2.39. The second-order valence-electron chi connectivity index (χ2n) is 6.76. The molecular weight excluding hydrogens is 457 g/mol. The van der Waals surface area contributed by atoms with Crippen LogP contribution in [0.2, 0.25) is 0 Å². The highest BCUT2D eigenvalue weighted by atomic mass is 35.5. The molecule has 0 unspecified atom stereocenters. The number of para-hydroxylation sites is 1. The number of hydrogen-bond acceptors (Lipinski definition) is 5. The standard InChI is InChI=1S/C19H21N3O5.3ClH/c1-19(2,3)21(18(24)15-10-5-6-11-16(15)22(25)26)20-17(23)13-8-7-9-14(12-13)27-4;;;/h5-12H,1-4H3,(H,20,23);3*1H. The van der Waals surface area contributed by atoms with E-state index in [2.05, 4.69) is 5.43 Å². The molecule has 0 aliphatic rings. The van der Waals surface area contributed by atoms with Gasteiger partial charge in [0.1, 0.15) is 11.3 Å². The second-order valence-corrected chi connectivity index (χ2v) is 6.76. The third-order valence-corrected chi connectivity index (χ3v) is 3.75. The number of carbonyl (C=O) groups excluding carboxylic acids is 2. The monoisotopic (exact) mass is 479 g/mol. The predicted octanol–water partition coefficient (Wildman–Crippen LogP) is 4.45. The minimum absolute atomic E-state index is 0. The number of hydrogen-bond donors (Lipinski definition) is 1. The van der Waals surface area contributed by atoms with Crippen LogP contribution in [0.1, 0.15) is 41.5 Å². The van der Waals surface area contributed by atoms with Crippen molar-refractivity contribution in [1.29, 1.82) is 0 Å². The molecule has 0 heterocycles. The fraction of sp³-hybridized carbons (Fsp3) is 0.263. The quantitative estimate of drug-likeness (QED) is 0.514. The molecular formula is C19H24Cl3N3O5. The Hall–Kier alpha value is -2.55. The van der Waals surface area contributed by atoms with Crippen LogP contribution in [0.25, 0.3) is 0 Å². The van der Waals surface area contributed by atoms with Gasteiger partial charge >= 0.3 is 0 Å². The molecule has 2 aromatic carbocycles. The van der Waals surface area contributed by atoms with Crippen molar-refractivity contribution in [2.75, 3.05) is 7.11 Å². The second kappa shape index (κ2) is 12.2. The summed E-state index contributed by atoms with van der Waals surface area (Å²) in [5.41, 5.74) is 1.59. The first-order chi connectivity index (χ1) is 12.6. The third-order valence-electron chi connectivity index (χ3n) is 3.75. The Labute approximate surface area is 193 Å². The Bertz CT molecular complexity index is 888. The van der Waals surface area contributed by atoms with Crippen LogP contribution >= 0.6 is 37.2 Å². The zero-order valence-corrected chi connectivity index (χ0v) is 19.2. The van der Waals surface area contributed by atoms with Crippen LogP contribution in [0.15, 0.2) is 48.5 Å². The first-order valence-corrected chi connectivity index (χ1v) is 8.18. The van der Waals surface area contributed by atoms with Gasteiger partial charge < -0.3 is 4.74 Å². The van der Waals surface area contributed by atoms with Crippen molar-refractivity contribution >= 4 is 54.7 Å². The van der Waals surface area contributed by atoms with Crippen LogP contribution in [0.3, 0.4) is 0 Å². The topological polar surface area (TPSA) is 102 Å². The Morgan fingerprint density at radius 1 is 1.03 bits per heavy atom. The highest BCUT2D eigenvalue weighted by Gasteiger charge is 2.33. The lowest BCUT2D eigenvalue weighted by molar-refractivity contribution is -0.385. The molecule has 0 spiro atoms. The van der Waals surface area contributed by atoms with Crippen LogP contribution in [0.5, 0.6) is 5.75 Å². The summed E-state index contributed by atoms with van der Waals surface area (Å²) in [5.74, 6) is -0.711. The molecule has 0 aliphatic carbocycles. The van der Waals surface area contributed by atoms with Crippen LogP contribution in [0.4, 0.5) is 5.69 Å². The molecule has 0 fully saturated rings. The van der Waals surface area contributed by atoms with Gasteiger partial charge in [0.05, 0.1) is 17.6 Å². The van der Waals surface area contributed by atoms with Crippen molar-refractivity contribution in [3.8, 4) is 5.75 Å². The average molecular weight is 481 g/mol. The van der Waals surface area contributed by atoms with E-state index in [1.54, 1.807) is 39.0 Å². The maximum absolute atomic E-state index is 13.0. The largest absolute Gasteiger partial charge is 0.497 e. The van der Waals surface area contributed by atoms with Crippen LogP contribution in [0, 0.1) is 10.1 Å². The summed E-state index contributed by atoms with van der Waals surface area (Å²) in [4.78, 5) is 36.2. The molecule has 0 aliphatic heterocycles. The van der Waals surface area contributed by atoms with E-state index in [9.17, 15) is 19.7 Å². The molecule has 2 amide bonds. The molecule has 11 heteroatoms. The molecule has 2 aromatic rings. The summed E-state index contributed by atoms with van der Waals surface area (Å²) in [7, 11) is 1.48. The fourth-order valence-corrected chi connectivity index (χ4v) is 2.39. The molecule has 0 atom stereocenters. The normalized spacial score (nSPS) is 9.73. The van der Waals surface area contributed by atoms with Gasteiger partial charge in [-0.25, -0.2) is 5.01 Å². The molecule has 0 bridgehead atoms. The van der Waals surface area contributed by atoms with E-state index < -0.39 is 22.3 Å². The van der Waals surface area contributed by atoms with Gasteiger partial charge in [0.15, 0.2) is 0 Å². The minimum Gasteiger partial charge on any atom is -0.497 e. The summed E-state index contributed by atoms with van der Waals surface area (Å²) in [5, 5.41) is 12.3. The van der Waals surface area contributed by atoms with E-state index in [1.807, 2.05) is 0 Å². The maximum atomic E-state index is 13.0. The summed E-state index contributed by atoms with van der Waals surface area (Å²) >= 11 is 0. The summed E-state index contributed by atoms with van der Waals surface area (Å²) in [6, 6.07) is 12.1. The van der Waals surface area contributed by atoms with Gasteiger partial charge in [-0.1, -0.05) is 18.2 Å². The molecule has 0 radical (unpaired) electrons. The van der Waals surface area contributed by atoms with Crippen molar-refractivity contribution in [1.82, 2.24) is 10.4 Å². The number of nitrogens with one attached hydrogen (secondary N) is 1. The number of nitro groups is 1. The number of ether oxygens (including phenoxy) is 1. The molecule has 30 heavy (non-hydrogen) atoms. The van der Waals surface area contributed by atoms with Gasteiger partial charge in [0.2, 0.25) is 0 Å². The van der Waals surface area contributed by atoms with Crippen molar-refractivity contribution in [3.63, 3.8) is 0 Å². The number of nitrogens with zero attached hydrogens (tertiary/aromatic N) is 2.